The molecule has 0 bridgehead atoms. The molecule has 0 aliphatic carbocycles. The van der Waals surface area contributed by atoms with Crippen molar-refractivity contribution in [2.75, 3.05) is 0 Å². The zero-order valence-electron chi connectivity index (χ0n) is 16.6. The van der Waals surface area contributed by atoms with Crippen LogP contribution in [0.4, 0.5) is 5.69 Å². The number of hydrogen-bond donors (Lipinski definition) is 1. The predicted molar refractivity (Wildman–Crippen MR) is 120 cm³/mol. The van der Waals surface area contributed by atoms with Gasteiger partial charge in [-0.15, -0.1) is 0 Å². The van der Waals surface area contributed by atoms with Crippen LogP contribution in [0.25, 0.3) is 6.08 Å². The van der Waals surface area contributed by atoms with Crippen molar-refractivity contribution in [1.29, 1.82) is 0 Å². The summed E-state index contributed by atoms with van der Waals surface area (Å²) in [5, 5.41) is 0. The molecule has 0 radical (unpaired) electrons. The second-order valence-electron chi connectivity index (χ2n) is 6.32. The number of rotatable bonds is 5. The van der Waals surface area contributed by atoms with Crippen LogP contribution in [-0.4, -0.2) is 19.2 Å². The van der Waals surface area contributed by atoms with E-state index >= 15 is 0 Å². The molecule has 0 aliphatic rings. The Morgan fingerprint density at radius 2 is 1.52 bits per heavy atom. The SMILES string of the molecule is CCc1ccccc1N=CC=Cc1ccccc1.Cc1ccc(S(=O)(=O)O)cc1. The largest absolute Gasteiger partial charge is 0.294 e. The predicted octanol–water partition coefficient (Wildman–Crippen LogP) is 5.91. The fourth-order valence-electron chi connectivity index (χ4n) is 2.49. The average molecular weight is 408 g/mol. The average Bonchev–Trinajstić information content (AvgIpc) is 2.72. The van der Waals surface area contributed by atoms with E-state index in [1.54, 1.807) is 12.1 Å². The van der Waals surface area contributed by atoms with Gasteiger partial charge in [-0.05, 0) is 48.7 Å². The number of aliphatic imine (C=N–C) groups is 1. The van der Waals surface area contributed by atoms with E-state index in [9.17, 15) is 8.42 Å². The van der Waals surface area contributed by atoms with Crippen LogP contribution in [0.2, 0.25) is 0 Å². The summed E-state index contributed by atoms with van der Waals surface area (Å²) in [4.78, 5) is 4.41. The Bertz CT molecular complexity index is 1050. The smallest absolute Gasteiger partial charge is 0.282 e. The maximum absolute atomic E-state index is 10.5. The summed E-state index contributed by atoms with van der Waals surface area (Å²) < 4.78 is 29.6. The molecule has 0 saturated carbocycles. The zero-order valence-corrected chi connectivity index (χ0v) is 17.4. The van der Waals surface area contributed by atoms with Gasteiger partial charge in [-0.3, -0.25) is 9.55 Å². The number of allylic oxidation sites excluding steroid dienone is 1. The van der Waals surface area contributed by atoms with Crippen molar-refractivity contribution in [2.24, 2.45) is 4.99 Å². The van der Waals surface area contributed by atoms with Gasteiger partial charge in [0.1, 0.15) is 0 Å². The number of para-hydroxylation sites is 1. The highest BCUT2D eigenvalue weighted by Crippen LogP contribution is 2.18. The quantitative estimate of drug-likeness (QED) is 0.422. The normalized spacial score (nSPS) is 11.4. The molecular weight excluding hydrogens is 382 g/mol. The van der Waals surface area contributed by atoms with Crippen LogP contribution in [-0.2, 0) is 16.5 Å². The van der Waals surface area contributed by atoms with Crippen LogP contribution in [0.1, 0.15) is 23.6 Å². The van der Waals surface area contributed by atoms with Crippen molar-refractivity contribution in [3.8, 4) is 0 Å². The summed E-state index contributed by atoms with van der Waals surface area (Å²) in [7, 11) is -4.02. The molecule has 0 spiro atoms. The first-order chi connectivity index (χ1) is 13.9. The fraction of sp³-hybridized carbons (Fsp3) is 0.125. The summed E-state index contributed by atoms with van der Waals surface area (Å²) in [6, 6.07) is 24.5. The van der Waals surface area contributed by atoms with Crippen LogP contribution in [0, 0.1) is 6.92 Å². The highest BCUT2D eigenvalue weighted by Gasteiger charge is 2.06. The van der Waals surface area contributed by atoms with E-state index in [4.69, 9.17) is 4.55 Å². The molecule has 150 valence electrons. The van der Waals surface area contributed by atoms with E-state index in [0.717, 1.165) is 17.7 Å². The summed E-state index contributed by atoms with van der Waals surface area (Å²) in [6.07, 6.45) is 6.89. The molecule has 3 aromatic rings. The van der Waals surface area contributed by atoms with Crippen LogP contribution in [0.5, 0.6) is 0 Å². The van der Waals surface area contributed by atoms with Crippen LogP contribution >= 0.6 is 0 Å². The molecule has 1 N–H and O–H groups in total. The van der Waals surface area contributed by atoms with Gasteiger partial charge in [-0.1, -0.05) is 79.2 Å². The third-order valence-corrected chi connectivity index (χ3v) is 4.95. The van der Waals surface area contributed by atoms with E-state index in [2.05, 4.69) is 42.3 Å². The van der Waals surface area contributed by atoms with Crippen molar-refractivity contribution in [2.45, 2.75) is 25.2 Å². The van der Waals surface area contributed by atoms with Crippen molar-refractivity contribution < 1.29 is 13.0 Å². The summed E-state index contributed by atoms with van der Waals surface area (Å²) in [6.45, 7) is 3.99. The van der Waals surface area contributed by atoms with Gasteiger partial charge >= 0.3 is 0 Å². The van der Waals surface area contributed by atoms with Gasteiger partial charge in [0.15, 0.2) is 0 Å². The first-order valence-corrected chi connectivity index (χ1v) is 10.7. The van der Waals surface area contributed by atoms with E-state index in [0.29, 0.717) is 0 Å². The Morgan fingerprint density at radius 3 is 2.14 bits per heavy atom. The molecule has 0 atom stereocenters. The topological polar surface area (TPSA) is 66.7 Å². The van der Waals surface area contributed by atoms with E-state index < -0.39 is 10.1 Å². The number of nitrogens with zero attached hydrogens (tertiary/aromatic N) is 1. The standard InChI is InChI=1S/C17H17N.C7H8O3S/c1-2-16-12-6-7-13-17(16)18-14-8-11-15-9-4-3-5-10-15;1-6-2-4-7(5-3-6)11(8,9)10/h3-14H,2H2,1H3;2-5H,1H3,(H,8,9,10). The summed E-state index contributed by atoms with van der Waals surface area (Å²) in [5.74, 6) is 0. The first-order valence-electron chi connectivity index (χ1n) is 9.28. The van der Waals surface area contributed by atoms with E-state index in [1.165, 1.54) is 23.3 Å². The first kappa shape index (κ1) is 22.3. The van der Waals surface area contributed by atoms with Gasteiger partial charge < -0.3 is 0 Å². The lowest BCUT2D eigenvalue weighted by Gasteiger charge is -2.00. The highest BCUT2D eigenvalue weighted by atomic mass is 32.2. The van der Waals surface area contributed by atoms with Crippen LogP contribution in [0.3, 0.4) is 0 Å². The second kappa shape index (κ2) is 11.1. The van der Waals surface area contributed by atoms with Crippen molar-refractivity contribution in [3.63, 3.8) is 0 Å². The minimum Gasteiger partial charge on any atom is -0.282 e. The molecule has 0 aromatic heterocycles. The van der Waals surface area contributed by atoms with Crippen LogP contribution in [0.15, 0.2) is 94.8 Å². The van der Waals surface area contributed by atoms with Crippen LogP contribution < -0.4 is 0 Å². The Hall–Kier alpha value is -3.02. The molecule has 29 heavy (non-hydrogen) atoms. The summed E-state index contributed by atoms with van der Waals surface area (Å²) in [5.41, 5.74) is 4.48. The highest BCUT2D eigenvalue weighted by molar-refractivity contribution is 7.85. The van der Waals surface area contributed by atoms with Crippen molar-refractivity contribution in [1.82, 2.24) is 0 Å². The maximum atomic E-state index is 10.5. The molecule has 4 nitrogen and oxygen atoms in total. The lowest BCUT2D eigenvalue weighted by atomic mass is 10.1. The van der Waals surface area contributed by atoms with E-state index in [1.807, 2.05) is 49.5 Å². The monoisotopic (exact) mass is 407 g/mol. The Kier molecular flexibility index (Phi) is 8.52. The van der Waals surface area contributed by atoms with Crippen molar-refractivity contribution in [3.05, 3.63) is 102 Å². The third kappa shape index (κ3) is 7.86. The minimum atomic E-state index is -4.02. The Morgan fingerprint density at radius 1 is 0.897 bits per heavy atom. The molecule has 0 unspecified atom stereocenters. The lowest BCUT2D eigenvalue weighted by molar-refractivity contribution is 0.483. The van der Waals surface area contributed by atoms with E-state index in [-0.39, 0.29) is 4.90 Å². The minimum absolute atomic E-state index is 0.0666. The molecule has 0 fully saturated rings. The number of benzene rings is 3. The molecular formula is C24H25NO3S. The van der Waals surface area contributed by atoms with Crippen molar-refractivity contribution >= 4 is 28.1 Å². The van der Waals surface area contributed by atoms with Gasteiger partial charge in [-0.2, -0.15) is 8.42 Å². The maximum Gasteiger partial charge on any atom is 0.294 e. The van der Waals surface area contributed by atoms with Gasteiger partial charge in [0.2, 0.25) is 0 Å². The number of aryl methyl sites for hydroxylation is 2. The molecule has 3 aromatic carbocycles. The third-order valence-electron chi connectivity index (χ3n) is 4.08. The lowest BCUT2D eigenvalue weighted by Crippen LogP contribution is -1.96. The van der Waals surface area contributed by atoms with Gasteiger partial charge in [0.05, 0.1) is 10.6 Å². The van der Waals surface area contributed by atoms with Gasteiger partial charge in [0, 0.05) is 6.21 Å². The molecule has 3 rings (SSSR count). The molecule has 0 aliphatic heterocycles. The number of hydrogen-bond acceptors (Lipinski definition) is 3. The summed E-state index contributed by atoms with van der Waals surface area (Å²) >= 11 is 0. The Balaban J connectivity index is 0.000000234. The van der Waals surface area contributed by atoms with Gasteiger partial charge in [0.25, 0.3) is 10.1 Å². The molecule has 5 heteroatoms. The fourth-order valence-corrected chi connectivity index (χ4v) is 2.97. The second-order valence-corrected chi connectivity index (χ2v) is 7.74. The van der Waals surface area contributed by atoms with Gasteiger partial charge in [-0.25, -0.2) is 0 Å². The molecule has 0 heterocycles. The zero-order chi connectivity index (χ0) is 21.1. The Labute approximate surface area is 173 Å². The molecule has 0 saturated heterocycles. The molecule has 0 amide bonds.